The number of ether oxygens (including phenoxy) is 1. The van der Waals surface area contributed by atoms with Gasteiger partial charge in [-0.2, -0.15) is 0 Å². The summed E-state index contributed by atoms with van der Waals surface area (Å²) in [6, 6.07) is 14.3. The van der Waals surface area contributed by atoms with Crippen molar-refractivity contribution in [3.63, 3.8) is 0 Å². The Morgan fingerprint density at radius 1 is 1.04 bits per heavy atom. The van der Waals surface area contributed by atoms with Gasteiger partial charge in [0.2, 0.25) is 0 Å². The van der Waals surface area contributed by atoms with Gasteiger partial charge in [-0.1, -0.05) is 32.0 Å². The fourth-order valence-electron chi connectivity index (χ4n) is 3.83. The molecule has 3 rings (SSSR count). The fourth-order valence-corrected chi connectivity index (χ4v) is 4.77. The Kier molecular flexibility index (Phi) is 5.56. The van der Waals surface area contributed by atoms with Gasteiger partial charge in [0.1, 0.15) is 10.6 Å². The minimum Gasteiger partial charge on any atom is -0.508 e. The molecule has 0 saturated heterocycles. The van der Waals surface area contributed by atoms with Gasteiger partial charge >= 0.3 is 5.97 Å². The second-order valence-electron chi connectivity index (χ2n) is 6.87. The number of esters is 1. The molecule has 3 nitrogen and oxygen atoms in total. The van der Waals surface area contributed by atoms with Crippen molar-refractivity contribution >= 4 is 27.4 Å². The van der Waals surface area contributed by atoms with Crippen LogP contribution in [-0.4, -0.2) is 17.7 Å². The molecule has 0 aliphatic carbocycles. The van der Waals surface area contributed by atoms with Crippen LogP contribution < -0.4 is 0 Å². The van der Waals surface area contributed by atoms with E-state index in [1.807, 2.05) is 26.0 Å². The Bertz CT molecular complexity index is 967. The van der Waals surface area contributed by atoms with Crippen molar-refractivity contribution in [2.45, 2.75) is 46.0 Å². The summed E-state index contributed by atoms with van der Waals surface area (Å²) in [5, 5.41) is 11.0. The molecule has 0 atom stereocenters. The first-order valence-electron chi connectivity index (χ1n) is 9.46. The maximum Gasteiger partial charge on any atom is 0.348 e. The molecule has 0 fully saturated rings. The third-order valence-corrected chi connectivity index (χ3v) is 6.60. The molecule has 0 bridgehead atoms. The van der Waals surface area contributed by atoms with Crippen LogP contribution in [0.3, 0.4) is 0 Å². The highest BCUT2D eigenvalue weighted by Gasteiger charge is 2.31. The number of fused-ring (bicyclic) bond motifs is 1. The van der Waals surface area contributed by atoms with Crippen molar-refractivity contribution in [3.8, 4) is 5.75 Å². The summed E-state index contributed by atoms with van der Waals surface area (Å²) in [6.07, 6.45) is 1.90. The molecule has 2 aromatic carbocycles. The molecule has 0 aliphatic heterocycles. The molecule has 1 N–H and O–H groups in total. The second kappa shape index (κ2) is 7.73. The molecule has 3 aromatic rings. The highest BCUT2D eigenvalue weighted by Crippen LogP contribution is 2.42. The van der Waals surface area contributed by atoms with Crippen molar-refractivity contribution < 1.29 is 14.6 Å². The lowest BCUT2D eigenvalue weighted by molar-refractivity contribution is 0.0532. The molecule has 0 spiro atoms. The number of benzene rings is 2. The summed E-state index contributed by atoms with van der Waals surface area (Å²) in [7, 11) is 0. The Labute approximate surface area is 164 Å². The zero-order chi connectivity index (χ0) is 19.6. The summed E-state index contributed by atoms with van der Waals surface area (Å²) in [4.78, 5) is 12.7. The summed E-state index contributed by atoms with van der Waals surface area (Å²) in [5.74, 6) is 0.0684. The molecular weight excluding hydrogens is 356 g/mol. The summed E-state index contributed by atoms with van der Waals surface area (Å²) in [6.45, 7) is 8.54. The first-order chi connectivity index (χ1) is 12.9. The van der Waals surface area contributed by atoms with Crippen LogP contribution in [0.15, 0.2) is 42.5 Å². The lowest BCUT2D eigenvalue weighted by Gasteiger charge is -2.33. The van der Waals surface area contributed by atoms with Crippen LogP contribution in [0.2, 0.25) is 0 Å². The van der Waals surface area contributed by atoms with Crippen molar-refractivity contribution in [2.75, 3.05) is 6.61 Å². The predicted molar refractivity (Wildman–Crippen MR) is 112 cm³/mol. The number of hydrogen-bond donors (Lipinski definition) is 1. The van der Waals surface area contributed by atoms with Crippen molar-refractivity contribution in [3.05, 3.63) is 64.0 Å². The zero-order valence-corrected chi connectivity index (χ0v) is 17.2. The quantitative estimate of drug-likeness (QED) is 0.516. The fraction of sp³-hybridized carbons (Fsp3) is 0.348. The van der Waals surface area contributed by atoms with Crippen molar-refractivity contribution in [2.24, 2.45) is 0 Å². The maximum absolute atomic E-state index is 12.1. The molecule has 0 aliphatic rings. The van der Waals surface area contributed by atoms with Gasteiger partial charge in [-0.25, -0.2) is 4.79 Å². The van der Waals surface area contributed by atoms with Crippen LogP contribution in [0.5, 0.6) is 5.75 Å². The number of carbonyl (C=O) groups is 1. The van der Waals surface area contributed by atoms with Gasteiger partial charge in [0.15, 0.2) is 0 Å². The van der Waals surface area contributed by atoms with Crippen LogP contribution in [-0.2, 0) is 10.2 Å². The Morgan fingerprint density at radius 2 is 1.70 bits per heavy atom. The van der Waals surface area contributed by atoms with Gasteiger partial charge < -0.3 is 9.84 Å². The number of phenolic OH excluding ortho intramolecular Hbond substituents is 1. The van der Waals surface area contributed by atoms with Gasteiger partial charge in [0.25, 0.3) is 0 Å². The molecule has 27 heavy (non-hydrogen) atoms. The van der Waals surface area contributed by atoms with Gasteiger partial charge in [-0.3, -0.25) is 0 Å². The molecule has 0 unspecified atom stereocenters. The largest absolute Gasteiger partial charge is 0.508 e. The van der Waals surface area contributed by atoms with E-state index < -0.39 is 0 Å². The molecule has 142 valence electrons. The summed E-state index contributed by atoms with van der Waals surface area (Å²) < 4.78 is 6.23. The molecule has 4 heteroatoms. The van der Waals surface area contributed by atoms with E-state index in [1.165, 1.54) is 22.5 Å². The van der Waals surface area contributed by atoms with E-state index in [-0.39, 0.29) is 11.4 Å². The van der Waals surface area contributed by atoms with Gasteiger partial charge in [-0.05, 0) is 73.0 Å². The Balaban J connectivity index is 2.11. The number of aromatic hydroxyl groups is 1. The normalized spacial score (nSPS) is 11.7. The first kappa shape index (κ1) is 19.4. The van der Waals surface area contributed by atoms with Crippen molar-refractivity contribution in [1.82, 2.24) is 0 Å². The Morgan fingerprint density at radius 3 is 2.33 bits per heavy atom. The molecule has 1 aromatic heterocycles. The number of thiophene rings is 1. The molecule has 1 heterocycles. The smallest absolute Gasteiger partial charge is 0.348 e. The minimum absolute atomic E-state index is 0.126. The molecule has 0 amide bonds. The standard InChI is InChI=1S/C23H26O3S/c1-5-23(6-2,17-8-10-19(24)15(4)12-17)18-9-11-20-16(13-18)14-21(27-20)22(25)26-7-3/h8-14,24H,5-7H2,1-4H3. The van der Waals surface area contributed by atoms with E-state index in [9.17, 15) is 9.90 Å². The van der Waals surface area contributed by atoms with Crippen LogP contribution in [0.4, 0.5) is 0 Å². The lowest BCUT2D eigenvalue weighted by atomic mass is 9.70. The lowest BCUT2D eigenvalue weighted by Crippen LogP contribution is -2.26. The highest BCUT2D eigenvalue weighted by atomic mass is 32.1. The third-order valence-electron chi connectivity index (χ3n) is 5.50. The van der Waals surface area contributed by atoms with E-state index in [0.29, 0.717) is 17.2 Å². The zero-order valence-electron chi connectivity index (χ0n) is 16.3. The van der Waals surface area contributed by atoms with Gasteiger partial charge in [-0.15, -0.1) is 11.3 Å². The van der Waals surface area contributed by atoms with Crippen LogP contribution in [0, 0.1) is 6.92 Å². The SMILES string of the molecule is CCOC(=O)c1cc2cc(C(CC)(CC)c3ccc(O)c(C)c3)ccc2s1. The maximum atomic E-state index is 12.1. The minimum atomic E-state index is -0.258. The van der Waals surface area contributed by atoms with Gasteiger partial charge in [0, 0.05) is 10.1 Å². The van der Waals surface area contributed by atoms with Crippen LogP contribution in [0.25, 0.3) is 10.1 Å². The molecular formula is C23H26O3S. The number of rotatable bonds is 6. The number of carbonyl (C=O) groups excluding carboxylic acids is 1. The average Bonchev–Trinajstić information content (AvgIpc) is 3.10. The summed E-state index contributed by atoms with van der Waals surface area (Å²) in [5.41, 5.74) is 3.21. The first-order valence-corrected chi connectivity index (χ1v) is 10.3. The van der Waals surface area contributed by atoms with Crippen molar-refractivity contribution in [1.29, 1.82) is 0 Å². The summed E-state index contributed by atoms with van der Waals surface area (Å²) >= 11 is 1.47. The van der Waals surface area contributed by atoms with Crippen LogP contribution in [0.1, 0.15) is 60.0 Å². The third kappa shape index (κ3) is 3.46. The topological polar surface area (TPSA) is 46.5 Å². The number of aryl methyl sites for hydroxylation is 1. The average molecular weight is 383 g/mol. The Hall–Kier alpha value is -2.33. The van der Waals surface area contributed by atoms with E-state index in [2.05, 4.69) is 38.1 Å². The van der Waals surface area contributed by atoms with E-state index in [4.69, 9.17) is 4.74 Å². The van der Waals surface area contributed by atoms with Gasteiger partial charge in [0.05, 0.1) is 6.61 Å². The molecule has 0 radical (unpaired) electrons. The predicted octanol–water partition coefficient (Wildman–Crippen LogP) is 6.20. The second-order valence-corrected chi connectivity index (χ2v) is 7.96. The highest BCUT2D eigenvalue weighted by molar-refractivity contribution is 7.20. The van der Waals surface area contributed by atoms with E-state index >= 15 is 0 Å². The number of phenols is 1. The van der Waals surface area contributed by atoms with E-state index in [0.717, 1.165) is 28.5 Å². The van der Waals surface area contributed by atoms with E-state index in [1.54, 1.807) is 6.07 Å². The van der Waals surface area contributed by atoms with Crippen LogP contribution >= 0.6 is 11.3 Å². The monoisotopic (exact) mass is 382 g/mol. The molecule has 0 saturated carbocycles. The number of hydrogen-bond acceptors (Lipinski definition) is 4.